The molecule has 0 spiro atoms. The molecule has 0 N–H and O–H groups in total. The maximum absolute atomic E-state index is 5.13. The third-order valence-corrected chi connectivity index (χ3v) is 1.10. The predicted molar refractivity (Wildman–Crippen MR) is 47.4 cm³/mol. The van der Waals surface area contributed by atoms with Crippen LogP contribution < -0.4 is 0 Å². The van der Waals surface area contributed by atoms with Gasteiger partial charge in [0.1, 0.15) is 6.61 Å². The molecule has 0 saturated heterocycles. The second-order valence-corrected chi connectivity index (χ2v) is 2.32. The molecular formula is C7H15N3O. The van der Waals surface area contributed by atoms with E-state index in [9.17, 15) is 0 Å². The normalized spacial score (nSPS) is 11.8. The van der Waals surface area contributed by atoms with E-state index < -0.39 is 0 Å². The Morgan fingerprint density at radius 2 is 2.18 bits per heavy atom. The topological polar surface area (TPSA) is 37.2 Å². The number of likely N-dealkylation sites (N-methyl/N-ethyl adjacent to an activating group) is 1. The molecule has 0 rings (SSSR count). The van der Waals surface area contributed by atoms with Crippen LogP contribution in [0.4, 0.5) is 0 Å². The van der Waals surface area contributed by atoms with Crippen LogP contribution in [0.5, 0.6) is 0 Å². The number of hydrogen-bond donors (Lipinski definition) is 0. The van der Waals surface area contributed by atoms with Gasteiger partial charge in [-0.15, -0.1) is 0 Å². The smallest absolute Gasteiger partial charge is 0.310 e. The molecule has 0 aromatic carbocycles. The Bertz CT molecular complexity index is 143. The minimum absolute atomic E-state index is 0.354. The molecule has 4 heteroatoms. The van der Waals surface area contributed by atoms with Crippen LogP contribution in [-0.2, 0) is 4.74 Å². The van der Waals surface area contributed by atoms with E-state index in [4.69, 9.17) is 4.74 Å². The Kier molecular flexibility index (Phi) is 5.37. The number of amidine groups is 1. The molecule has 0 aliphatic rings. The van der Waals surface area contributed by atoms with E-state index in [1.165, 1.54) is 0 Å². The summed E-state index contributed by atoms with van der Waals surface area (Å²) in [7, 11) is 5.58. The zero-order chi connectivity index (χ0) is 8.69. The van der Waals surface area contributed by atoms with Crippen molar-refractivity contribution in [2.75, 3.05) is 34.3 Å². The molecule has 11 heavy (non-hydrogen) atoms. The molecular weight excluding hydrogens is 142 g/mol. The van der Waals surface area contributed by atoms with Crippen molar-refractivity contribution in [1.82, 2.24) is 4.90 Å². The van der Waals surface area contributed by atoms with Crippen molar-refractivity contribution in [3.8, 4) is 0 Å². The highest BCUT2D eigenvalue weighted by Crippen LogP contribution is 1.83. The maximum Gasteiger partial charge on any atom is 0.310 e. The van der Waals surface area contributed by atoms with Crippen molar-refractivity contribution in [2.45, 2.75) is 0 Å². The molecule has 0 bridgehead atoms. The van der Waals surface area contributed by atoms with Gasteiger partial charge in [-0.2, -0.15) is 0 Å². The molecule has 4 nitrogen and oxygen atoms in total. The van der Waals surface area contributed by atoms with E-state index in [0.29, 0.717) is 12.6 Å². The van der Waals surface area contributed by atoms with Crippen LogP contribution in [-0.4, -0.2) is 51.9 Å². The van der Waals surface area contributed by atoms with Crippen LogP contribution in [0.2, 0.25) is 0 Å². The highest BCUT2D eigenvalue weighted by Gasteiger charge is 1.94. The van der Waals surface area contributed by atoms with Crippen molar-refractivity contribution >= 4 is 12.7 Å². The number of ether oxygens (including phenoxy) is 1. The summed E-state index contributed by atoms with van der Waals surface area (Å²) in [6, 6.07) is 0.354. The summed E-state index contributed by atoms with van der Waals surface area (Å²) in [6.07, 6.45) is 0. The molecule has 0 amide bonds. The van der Waals surface area contributed by atoms with Gasteiger partial charge in [-0.05, 0) is 20.8 Å². The van der Waals surface area contributed by atoms with E-state index in [1.54, 1.807) is 7.05 Å². The summed E-state index contributed by atoms with van der Waals surface area (Å²) in [5, 5.41) is 0. The summed E-state index contributed by atoms with van der Waals surface area (Å²) in [6.45, 7) is 4.76. The lowest BCUT2D eigenvalue weighted by Gasteiger charge is -2.09. The summed E-state index contributed by atoms with van der Waals surface area (Å²) < 4.78 is 5.13. The van der Waals surface area contributed by atoms with E-state index in [0.717, 1.165) is 6.54 Å². The first kappa shape index (κ1) is 10.1. The van der Waals surface area contributed by atoms with Crippen molar-refractivity contribution in [3.63, 3.8) is 0 Å². The Morgan fingerprint density at radius 1 is 1.55 bits per heavy atom. The Morgan fingerprint density at radius 3 is 2.55 bits per heavy atom. The average molecular weight is 157 g/mol. The van der Waals surface area contributed by atoms with Gasteiger partial charge < -0.3 is 9.64 Å². The molecule has 0 unspecified atom stereocenters. The number of nitrogens with zero attached hydrogens (tertiary/aromatic N) is 3. The van der Waals surface area contributed by atoms with Crippen molar-refractivity contribution in [2.24, 2.45) is 9.98 Å². The molecule has 0 heterocycles. The molecule has 0 fully saturated rings. The summed E-state index contributed by atoms with van der Waals surface area (Å²) in [4.78, 5) is 9.34. The molecule has 0 radical (unpaired) electrons. The van der Waals surface area contributed by atoms with Gasteiger partial charge in [0.2, 0.25) is 0 Å². The lowest BCUT2D eigenvalue weighted by atomic mass is 10.6. The van der Waals surface area contributed by atoms with Crippen molar-refractivity contribution in [3.05, 3.63) is 0 Å². The highest BCUT2D eigenvalue weighted by molar-refractivity contribution is 5.78. The van der Waals surface area contributed by atoms with Gasteiger partial charge in [0.15, 0.2) is 0 Å². The van der Waals surface area contributed by atoms with Crippen LogP contribution in [0.1, 0.15) is 0 Å². The molecule has 64 valence electrons. The monoisotopic (exact) mass is 157 g/mol. The maximum atomic E-state index is 5.13. The molecule has 0 aromatic heterocycles. The fourth-order valence-corrected chi connectivity index (χ4v) is 0.500. The Balaban J connectivity index is 3.45. The first-order chi connectivity index (χ1) is 5.20. The van der Waals surface area contributed by atoms with E-state index >= 15 is 0 Å². The first-order valence-electron chi connectivity index (χ1n) is 3.41. The largest absolute Gasteiger partial charge is 0.462 e. The Labute approximate surface area is 67.6 Å². The minimum Gasteiger partial charge on any atom is -0.462 e. The van der Waals surface area contributed by atoms with Crippen LogP contribution in [0, 0.1) is 0 Å². The first-order valence-corrected chi connectivity index (χ1v) is 3.41. The van der Waals surface area contributed by atoms with Gasteiger partial charge in [-0.25, -0.2) is 9.98 Å². The fourth-order valence-electron chi connectivity index (χ4n) is 0.500. The summed E-state index contributed by atoms with van der Waals surface area (Å²) in [5.41, 5.74) is 0. The SMILES string of the molecule is C=NC(=NC)OCCN(C)C. The molecule has 0 aliphatic carbocycles. The van der Waals surface area contributed by atoms with Gasteiger partial charge in [-0.3, -0.25) is 0 Å². The van der Waals surface area contributed by atoms with Gasteiger partial charge in [0.05, 0.1) is 0 Å². The predicted octanol–water partition coefficient (Wildman–Crippen LogP) is 0.251. The number of aliphatic imine (C=N–C) groups is 2. The van der Waals surface area contributed by atoms with Gasteiger partial charge >= 0.3 is 6.02 Å². The fraction of sp³-hybridized carbons (Fsp3) is 0.714. The van der Waals surface area contributed by atoms with E-state index in [1.807, 2.05) is 19.0 Å². The highest BCUT2D eigenvalue weighted by atomic mass is 16.5. The number of rotatable bonds is 3. The molecule has 0 aromatic rings. The van der Waals surface area contributed by atoms with Crippen LogP contribution in [0.15, 0.2) is 9.98 Å². The van der Waals surface area contributed by atoms with Crippen LogP contribution in [0.3, 0.4) is 0 Å². The second kappa shape index (κ2) is 5.85. The standard InChI is InChI=1S/C7H15N3O/c1-8-7(9-2)11-6-5-10(3)4/h1,5-6H2,2-4H3. The summed E-state index contributed by atoms with van der Waals surface area (Å²) in [5.74, 6) is 0. The van der Waals surface area contributed by atoms with Gasteiger partial charge in [-0.1, -0.05) is 0 Å². The van der Waals surface area contributed by atoms with E-state index in [2.05, 4.69) is 16.7 Å². The lowest BCUT2D eigenvalue weighted by molar-refractivity contribution is 0.248. The molecule has 0 saturated carbocycles. The molecule has 0 atom stereocenters. The van der Waals surface area contributed by atoms with Crippen molar-refractivity contribution in [1.29, 1.82) is 0 Å². The molecule has 0 aliphatic heterocycles. The third kappa shape index (κ3) is 5.54. The second-order valence-electron chi connectivity index (χ2n) is 2.32. The summed E-state index contributed by atoms with van der Waals surface area (Å²) >= 11 is 0. The van der Waals surface area contributed by atoms with Crippen molar-refractivity contribution < 1.29 is 4.74 Å². The van der Waals surface area contributed by atoms with Gasteiger partial charge in [0.25, 0.3) is 0 Å². The van der Waals surface area contributed by atoms with Gasteiger partial charge in [0, 0.05) is 13.6 Å². The lowest BCUT2D eigenvalue weighted by Crippen LogP contribution is -2.19. The Hall–Kier alpha value is -0.900. The van der Waals surface area contributed by atoms with Crippen LogP contribution >= 0.6 is 0 Å². The minimum atomic E-state index is 0.354. The zero-order valence-electron chi connectivity index (χ0n) is 7.37. The zero-order valence-corrected chi connectivity index (χ0v) is 7.37. The quantitative estimate of drug-likeness (QED) is 0.435. The number of hydrogen-bond acceptors (Lipinski definition) is 3. The van der Waals surface area contributed by atoms with Crippen LogP contribution in [0.25, 0.3) is 0 Å². The third-order valence-electron chi connectivity index (χ3n) is 1.10. The van der Waals surface area contributed by atoms with E-state index in [-0.39, 0.29) is 0 Å². The average Bonchev–Trinajstić information content (AvgIpc) is 1.98.